The van der Waals surface area contributed by atoms with Crippen molar-refractivity contribution < 1.29 is 9.47 Å². The topological polar surface area (TPSA) is 24.9 Å². The summed E-state index contributed by atoms with van der Waals surface area (Å²) in [5, 5.41) is 0. The number of methoxy groups -OCH3 is 1. The molecule has 0 atom stereocenters. The number of ether oxygens (including phenoxy) is 2. The third kappa shape index (κ3) is 2.88. The van der Waals surface area contributed by atoms with Gasteiger partial charge in [0.15, 0.2) is 0 Å². The third-order valence-corrected chi connectivity index (χ3v) is 4.70. The Labute approximate surface area is 128 Å². The van der Waals surface area contributed by atoms with Gasteiger partial charge in [0.05, 0.1) is 23.8 Å². The smallest absolute Gasteiger partial charge is 0.144 e. The van der Waals surface area contributed by atoms with Crippen LogP contribution >= 0.6 is 15.9 Å². The highest BCUT2D eigenvalue weighted by Gasteiger charge is 2.21. The van der Waals surface area contributed by atoms with E-state index in [1.165, 1.54) is 25.9 Å². The largest absolute Gasteiger partial charge is 0.495 e. The molecule has 4 nitrogen and oxygen atoms in total. The third-order valence-electron chi connectivity index (χ3n) is 4.08. The Hall–Kier alpha value is -0.940. The Morgan fingerprint density at radius 3 is 2.75 bits per heavy atom. The number of hydrogen-bond donors (Lipinski definition) is 0. The Morgan fingerprint density at radius 1 is 1.20 bits per heavy atom. The molecule has 0 bridgehead atoms. The molecule has 0 aliphatic carbocycles. The minimum absolute atomic E-state index is 0.756. The zero-order chi connectivity index (χ0) is 13.9. The van der Waals surface area contributed by atoms with Gasteiger partial charge in [0.2, 0.25) is 0 Å². The van der Waals surface area contributed by atoms with Gasteiger partial charge in [-0.3, -0.25) is 0 Å². The maximum absolute atomic E-state index is 5.77. The van der Waals surface area contributed by atoms with E-state index in [9.17, 15) is 0 Å². The Morgan fingerprint density at radius 2 is 2.00 bits per heavy atom. The first-order valence-electron chi connectivity index (χ1n) is 7.25. The quantitative estimate of drug-likeness (QED) is 0.841. The summed E-state index contributed by atoms with van der Waals surface area (Å²) in [7, 11) is 1.70. The molecule has 1 saturated heterocycles. The molecule has 0 spiro atoms. The van der Waals surface area contributed by atoms with E-state index in [0.717, 1.165) is 47.9 Å². The molecule has 20 heavy (non-hydrogen) atoms. The highest BCUT2D eigenvalue weighted by atomic mass is 79.9. The number of anilines is 1. The van der Waals surface area contributed by atoms with E-state index in [0.29, 0.717) is 0 Å². The maximum Gasteiger partial charge on any atom is 0.144 e. The molecule has 1 fully saturated rings. The fourth-order valence-corrected chi connectivity index (χ4v) is 3.41. The van der Waals surface area contributed by atoms with Crippen molar-refractivity contribution in [1.29, 1.82) is 0 Å². The van der Waals surface area contributed by atoms with Crippen LogP contribution < -0.4 is 14.4 Å². The Bertz CT molecular complexity index is 475. The van der Waals surface area contributed by atoms with Crippen molar-refractivity contribution in [3.05, 3.63) is 16.6 Å². The van der Waals surface area contributed by atoms with Crippen molar-refractivity contribution in [3.63, 3.8) is 0 Å². The Kier molecular flexibility index (Phi) is 4.36. The highest BCUT2D eigenvalue weighted by molar-refractivity contribution is 9.10. The summed E-state index contributed by atoms with van der Waals surface area (Å²) in [4.78, 5) is 4.96. The first-order valence-corrected chi connectivity index (χ1v) is 8.05. The zero-order valence-corrected chi connectivity index (χ0v) is 13.5. The van der Waals surface area contributed by atoms with Crippen molar-refractivity contribution in [2.45, 2.75) is 12.8 Å². The van der Waals surface area contributed by atoms with Crippen LogP contribution in [0.1, 0.15) is 12.8 Å². The summed E-state index contributed by atoms with van der Waals surface area (Å²) >= 11 is 3.52. The van der Waals surface area contributed by atoms with Gasteiger partial charge in [-0.05, 0) is 41.9 Å². The van der Waals surface area contributed by atoms with Crippen molar-refractivity contribution in [2.24, 2.45) is 0 Å². The van der Waals surface area contributed by atoms with Crippen LogP contribution in [0.25, 0.3) is 0 Å². The average molecular weight is 341 g/mol. The van der Waals surface area contributed by atoms with Crippen molar-refractivity contribution >= 4 is 21.6 Å². The molecule has 0 radical (unpaired) electrons. The zero-order valence-electron chi connectivity index (χ0n) is 11.9. The minimum Gasteiger partial charge on any atom is -0.495 e. The molecule has 0 amide bonds. The lowest BCUT2D eigenvalue weighted by Gasteiger charge is -2.33. The summed E-state index contributed by atoms with van der Waals surface area (Å²) in [6.07, 6.45) is 2.70. The second-order valence-electron chi connectivity index (χ2n) is 5.34. The van der Waals surface area contributed by atoms with Gasteiger partial charge in [-0.2, -0.15) is 0 Å². The van der Waals surface area contributed by atoms with Crippen LogP contribution in [0.3, 0.4) is 0 Å². The van der Waals surface area contributed by atoms with Gasteiger partial charge in [0.25, 0.3) is 0 Å². The maximum atomic E-state index is 5.77. The van der Waals surface area contributed by atoms with E-state index < -0.39 is 0 Å². The molecular formula is C15H21BrN2O2. The van der Waals surface area contributed by atoms with Crippen molar-refractivity contribution in [3.8, 4) is 11.5 Å². The van der Waals surface area contributed by atoms with Crippen molar-refractivity contribution in [1.82, 2.24) is 4.90 Å². The van der Waals surface area contributed by atoms with Gasteiger partial charge in [-0.25, -0.2) is 0 Å². The number of likely N-dealkylation sites (tertiary alicyclic amines) is 1. The number of nitrogens with zero attached hydrogens (tertiary/aromatic N) is 2. The molecule has 2 heterocycles. The fraction of sp³-hybridized carbons (Fsp3) is 0.600. The summed E-state index contributed by atoms with van der Waals surface area (Å²) in [5.74, 6) is 1.81. The molecule has 0 N–H and O–H groups in total. The second-order valence-corrected chi connectivity index (χ2v) is 6.19. The second kappa shape index (κ2) is 6.22. The summed E-state index contributed by atoms with van der Waals surface area (Å²) in [5.41, 5.74) is 1.15. The average Bonchev–Trinajstić information content (AvgIpc) is 2.97. The first-order chi connectivity index (χ1) is 9.78. The van der Waals surface area contributed by atoms with Crippen LogP contribution in [0, 0.1) is 0 Å². The Balaban J connectivity index is 1.74. The molecule has 2 aliphatic heterocycles. The lowest BCUT2D eigenvalue weighted by Crippen LogP contribution is -2.38. The summed E-state index contributed by atoms with van der Waals surface area (Å²) in [6.45, 7) is 6.40. The number of benzene rings is 1. The number of hydrogen-bond acceptors (Lipinski definition) is 4. The standard InChI is InChI=1S/C15H21BrN2O2/c1-19-14-11-13-15(10-12(14)16)20-9-8-18(13)7-6-17-4-2-3-5-17/h10-11H,2-9H2,1H3. The SMILES string of the molecule is COc1cc2c(cc1Br)OCCN2CCN1CCCC1. The molecule has 1 aromatic carbocycles. The van der Waals surface area contributed by atoms with E-state index in [4.69, 9.17) is 9.47 Å². The van der Waals surface area contributed by atoms with Crippen molar-refractivity contribution in [2.75, 3.05) is 51.3 Å². The molecule has 110 valence electrons. The van der Waals surface area contributed by atoms with Gasteiger partial charge < -0.3 is 19.3 Å². The fourth-order valence-electron chi connectivity index (χ4n) is 2.93. The van der Waals surface area contributed by atoms with Crippen LogP contribution in [-0.4, -0.2) is 51.3 Å². The number of halogens is 1. The molecular weight excluding hydrogens is 320 g/mol. The predicted molar refractivity (Wildman–Crippen MR) is 84.1 cm³/mol. The summed E-state index contributed by atoms with van der Waals surface area (Å²) in [6, 6.07) is 4.08. The van der Waals surface area contributed by atoms with E-state index in [2.05, 4.69) is 31.8 Å². The highest BCUT2D eigenvalue weighted by Crippen LogP contribution is 2.39. The lowest BCUT2D eigenvalue weighted by atomic mass is 10.2. The first kappa shape index (κ1) is 14.0. The molecule has 2 aliphatic rings. The van der Waals surface area contributed by atoms with Gasteiger partial charge in [0, 0.05) is 25.2 Å². The monoisotopic (exact) mass is 340 g/mol. The molecule has 5 heteroatoms. The van der Waals surface area contributed by atoms with E-state index >= 15 is 0 Å². The van der Waals surface area contributed by atoms with Crippen LogP contribution in [-0.2, 0) is 0 Å². The lowest BCUT2D eigenvalue weighted by molar-refractivity contribution is 0.295. The molecule has 0 aromatic heterocycles. The van der Waals surface area contributed by atoms with Crippen LogP contribution in [0.15, 0.2) is 16.6 Å². The van der Waals surface area contributed by atoms with Crippen LogP contribution in [0.5, 0.6) is 11.5 Å². The normalized spacial score (nSPS) is 18.8. The molecule has 3 rings (SSSR count). The van der Waals surface area contributed by atoms with E-state index in [-0.39, 0.29) is 0 Å². The van der Waals surface area contributed by atoms with Crippen LogP contribution in [0.2, 0.25) is 0 Å². The molecule has 1 aromatic rings. The van der Waals surface area contributed by atoms with E-state index in [1.54, 1.807) is 7.11 Å². The van der Waals surface area contributed by atoms with E-state index in [1.807, 2.05) is 6.07 Å². The molecule has 0 saturated carbocycles. The number of fused-ring (bicyclic) bond motifs is 1. The summed E-state index contributed by atoms with van der Waals surface area (Å²) < 4.78 is 12.1. The van der Waals surface area contributed by atoms with Gasteiger partial charge in [-0.15, -0.1) is 0 Å². The predicted octanol–water partition coefficient (Wildman–Crippen LogP) is 2.75. The van der Waals surface area contributed by atoms with Gasteiger partial charge in [-0.1, -0.05) is 0 Å². The minimum atomic E-state index is 0.756. The van der Waals surface area contributed by atoms with Gasteiger partial charge in [0.1, 0.15) is 18.1 Å². The van der Waals surface area contributed by atoms with Gasteiger partial charge >= 0.3 is 0 Å². The van der Waals surface area contributed by atoms with Crippen LogP contribution in [0.4, 0.5) is 5.69 Å². The number of rotatable bonds is 4. The molecule has 0 unspecified atom stereocenters.